The lowest BCUT2D eigenvalue weighted by atomic mass is 10.2. The van der Waals surface area contributed by atoms with Crippen molar-refractivity contribution in [1.82, 2.24) is 0 Å². The van der Waals surface area contributed by atoms with E-state index in [0.29, 0.717) is 46.5 Å². The molecule has 0 atom stereocenters. The van der Waals surface area contributed by atoms with Gasteiger partial charge in [-0.2, -0.15) is 0 Å². The third-order valence-corrected chi connectivity index (χ3v) is 6.19. The SMILES string of the molecule is Cc1cc(Cl)c(C)c(S(=O)(=O)Nc2ccc3c(c2)OCCO3)c1Cl. The first-order chi connectivity index (χ1) is 11.3. The van der Waals surface area contributed by atoms with Gasteiger partial charge in [-0.25, -0.2) is 8.42 Å². The third-order valence-electron chi connectivity index (χ3n) is 3.65. The van der Waals surface area contributed by atoms with E-state index in [4.69, 9.17) is 32.7 Å². The number of hydrogen-bond donors (Lipinski definition) is 1. The maximum absolute atomic E-state index is 12.8. The summed E-state index contributed by atoms with van der Waals surface area (Å²) in [5, 5.41) is 0.501. The van der Waals surface area contributed by atoms with Crippen molar-refractivity contribution in [3.63, 3.8) is 0 Å². The molecule has 0 saturated carbocycles. The molecule has 1 aliphatic rings. The first kappa shape index (κ1) is 17.2. The Bertz CT molecular complexity index is 887. The Labute approximate surface area is 150 Å². The average molecular weight is 388 g/mol. The number of ether oxygens (including phenoxy) is 2. The molecule has 8 heteroatoms. The molecular weight excluding hydrogens is 373 g/mol. The van der Waals surface area contributed by atoms with Gasteiger partial charge >= 0.3 is 0 Å². The molecule has 0 saturated heterocycles. The van der Waals surface area contributed by atoms with Crippen LogP contribution in [0, 0.1) is 13.8 Å². The number of fused-ring (bicyclic) bond motifs is 1. The monoisotopic (exact) mass is 387 g/mol. The van der Waals surface area contributed by atoms with E-state index in [9.17, 15) is 8.42 Å². The van der Waals surface area contributed by atoms with E-state index in [1.165, 1.54) is 0 Å². The Balaban J connectivity index is 2.01. The van der Waals surface area contributed by atoms with Gasteiger partial charge in [0, 0.05) is 11.1 Å². The van der Waals surface area contributed by atoms with Crippen LogP contribution >= 0.6 is 23.2 Å². The normalized spacial score (nSPS) is 13.7. The minimum Gasteiger partial charge on any atom is -0.486 e. The van der Waals surface area contributed by atoms with Gasteiger partial charge in [0.2, 0.25) is 0 Å². The predicted molar refractivity (Wildman–Crippen MR) is 94.2 cm³/mol. The molecule has 2 aromatic rings. The van der Waals surface area contributed by atoms with Crippen molar-refractivity contribution in [3.8, 4) is 11.5 Å². The number of anilines is 1. The van der Waals surface area contributed by atoms with Crippen molar-refractivity contribution in [2.45, 2.75) is 18.7 Å². The summed E-state index contributed by atoms with van der Waals surface area (Å²) in [6.07, 6.45) is 0. The molecule has 2 aromatic carbocycles. The van der Waals surface area contributed by atoms with Crippen molar-refractivity contribution in [2.75, 3.05) is 17.9 Å². The smallest absolute Gasteiger partial charge is 0.263 e. The van der Waals surface area contributed by atoms with Gasteiger partial charge in [-0.15, -0.1) is 0 Å². The number of hydrogen-bond acceptors (Lipinski definition) is 4. The van der Waals surface area contributed by atoms with Gasteiger partial charge < -0.3 is 9.47 Å². The molecule has 0 aliphatic carbocycles. The van der Waals surface area contributed by atoms with Crippen LogP contribution in [0.1, 0.15) is 11.1 Å². The zero-order chi connectivity index (χ0) is 17.5. The number of rotatable bonds is 3. The fourth-order valence-corrected chi connectivity index (χ4v) is 4.71. The summed E-state index contributed by atoms with van der Waals surface area (Å²) in [5.74, 6) is 1.07. The number of sulfonamides is 1. The number of halogens is 2. The van der Waals surface area contributed by atoms with Gasteiger partial charge in [-0.3, -0.25) is 4.72 Å². The fraction of sp³-hybridized carbons (Fsp3) is 0.250. The van der Waals surface area contributed by atoms with Crippen LogP contribution in [0.3, 0.4) is 0 Å². The second-order valence-electron chi connectivity index (χ2n) is 5.41. The molecule has 0 fully saturated rings. The highest BCUT2D eigenvalue weighted by atomic mass is 35.5. The minimum atomic E-state index is -3.91. The lowest BCUT2D eigenvalue weighted by molar-refractivity contribution is 0.171. The van der Waals surface area contributed by atoms with Gasteiger partial charge in [-0.05, 0) is 43.2 Å². The van der Waals surface area contributed by atoms with E-state index >= 15 is 0 Å². The Morgan fingerprint density at radius 2 is 1.71 bits per heavy atom. The Kier molecular flexibility index (Phi) is 4.55. The van der Waals surface area contributed by atoms with Crippen molar-refractivity contribution < 1.29 is 17.9 Å². The highest BCUT2D eigenvalue weighted by Crippen LogP contribution is 2.36. The summed E-state index contributed by atoms with van der Waals surface area (Å²) >= 11 is 12.3. The lowest BCUT2D eigenvalue weighted by Crippen LogP contribution is -2.17. The van der Waals surface area contributed by atoms with Crippen LogP contribution in [0.15, 0.2) is 29.2 Å². The topological polar surface area (TPSA) is 64.6 Å². The summed E-state index contributed by atoms with van der Waals surface area (Å²) in [4.78, 5) is -0.0240. The van der Waals surface area contributed by atoms with E-state index in [0.717, 1.165) is 0 Å². The van der Waals surface area contributed by atoms with E-state index in [-0.39, 0.29) is 9.92 Å². The van der Waals surface area contributed by atoms with Gasteiger partial charge in [-0.1, -0.05) is 23.2 Å². The Hall–Kier alpha value is -1.63. The van der Waals surface area contributed by atoms with Gasteiger partial charge in [0.15, 0.2) is 11.5 Å². The molecule has 0 amide bonds. The molecule has 0 radical (unpaired) electrons. The zero-order valence-electron chi connectivity index (χ0n) is 13.0. The quantitative estimate of drug-likeness (QED) is 0.857. The van der Waals surface area contributed by atoms with Gasteiger partial charge in [0.05, 0.1) is 10.7 Å². The standard InChI is InChI=1S/C16H15Cl2NO4S/c1-9-7-12(17)10(2)16(15(9)18)24(20,21)19-11-3-4-13-14(8-11)23-6-5-22-13/h3-4,7-8,19H,5-6H2,1-2H3. The maximum atomic E-state index is 12.8. The van der Waals surface area contributed by atoms with Crippen LogP contribution < -0.4 is 14.2 Å². The van der Waals surface area contributed by atoms with Crippen molar-refractivity contribution in [2.24, 2.45) is 0 Å². The summed E-state index contributed by atoms with van der Waals surface area (Å²) in [7, 11) is -3.91. The molecular formula is C16H15Cl2NO4S. The van der Waals surface area contributed by atoms with E-state index < -0.39 is 10.0 Å². The molecule has 0 unspecified atom stereocenters. The molecule has 128 valence electrons. The highest BCUT2D eigenvalue weighted by Gasteiger charge is 2.24. The van der Waals surface area contributed by atoms with E-state index in [1.54, 1.807) is 38.1 Å². The molecule has 0 bridgehead atoms. The van der Waals surface area contributed by atoms with Crippen molar-refractivity contribution in [3.05, 3.63) is 45.4 Å². The average Bonchev–Trinajstić information content (AvgIpc) is 2.52. The van der Waals surface area contributed by atoms with E-state index in [1.807, 2.05) is 0 Å². The summed E-state index contributed by atoms with van der Waals surface area (Å²) < 4.78 is 39.0. The molecule has 24 heavy (non-hydrogen) atoms. The fourth-order valence-electron chi connectivity index (χ4n) is 2.45. The zero-order valence-corrected chi connectivity index (χ0v) is 15.3. The number of aryl methyl sites for hydroxylation is 1. The summed E-state index contributed by atoms with van der Waals surface area (Å²) in [6, 6.07) is 6.48. The van der Waals surface area contributed by atoms with Crippen LogP contribution in [0.4, 0.5) is 5.69 Å². The highest BCUT2D eigenvalue weighted by molar-refractivity contribution is 7.93. The van der Waals surface area contributed by atoms with Gasteiger partial charge in [0.25, 0.3) is 10.0 Å². The van der Waals surface area contributed by atoms with Crippen LogP contribution in [0.5, 0.6) is 11.5 Å². The number of benzene rings is 2. The Morgan fingerprint density at radius 1 is 1.04 bits per heavy atom. The second-order valence-corrected chi connectivity index (χ2v) is 7.81. The summed E-state index contributed by atoms with van der Waals surface area (Å²) in [5.41, 5.74) is 1.35. The van der Waals surface area contributed by atoms with Crippen LogP contribution in [-0.4, -0.2) is 21.6 Å². The van der Waals surface area contributed by atoms with Crippen LogP contribution in [0.25, 0.3) is 0 Å². The summed E-state index contributed by atoms with van der Waals surface area (Å²) in [6.45, 7) is 4.21. The minimum absolute atomic E-state index is 0.0240. The van der Waals surface area contributed by atoms with Crippen molar-refractivity contribution in [1.29, 1.82) is 0 Å². The third kappa shape index (κ3) is 3.14. The van der Waals surface area contributed by atoms with Crippen LogP contribution in [0.2, 0.25) is 10.0 Å². The van der Waals surface area contributed by atoms with E-state index in [2.05, 4.69) is 4.72 Å². The Morgan fingerprint density at radius 3 is 2.42 bits per heavy atom. The molecule has 1 heterocycles. The molecule has 0 spiro atoms. The van der Waals surface area contributed by atoms with Crippen molar-refractivity contribution >= 4 is 38.9 Å². The molecule has 3 rings (SSSR count). The second kappa shape index (κ2) is 6.35. The van der Waals surface area contributed by atoms with Crippen LogP contribution in [-0.2, 0) is 10.0 Å². The maximum Gasteiger partial charge on any atom is 0.263 e. The molecule has 5 nitrogen and oxygen atoms in total. The number of nitrogens with one attached hydrogen (secondary N) is 1. The molecule has 1 N–H and O–H groups in total. The predicted octanol–water partition coefficient (Wildman–Crippen LogP) is 4.18. The first-order valence-electron chi connectivity index (χ1n) is 7.17. The molecule has 1 aliphatic heterocycles. The van der Waals surface area contributed by atoms with Gasteiger partial charge in [0.1, 0.15) is 18.1 Å². The lowest BCUT2D eigenvalue weighted by Gasteiger charge is -2.19. The first-order valence-corrected chi connectivity index (χ1v) is 9.41. The molecule has 0 aromatic heterocycles. The largest absolute Gasteiger partial charge is 0.486 e.